The van der Waals surface area contributed by atoms with E-state index in [1.54, 1.807) is 12.4 Å². The number of nitrogens with zero attached hydrogens (tertiary/aromatic N) is 3. The van der Waals surface area contributed by atoms with Gasteiger partial charge in [-0.15, -0.1) is 0 Å². The summed E-state index contributed by atoms with van der Waals surface area (Å²) in [4.78, 5) is 11.7. The van der Waals surface area contributed by atoms with Crippen LogP contribution in [0, 0.1) is 0 Å². The summed E-state index contributed by atoms with van der Waals surface area (Å²) in [5.41, 5.74) is 9.71. The van der Waals surface area contributed by atoms with E-state index in [1.807, 2.05) is 36.4 Å². The molecular formula is C32H19N3O. The zero-order valence-electron chi connectivity index (χ0n) is 19.2. The Labute approximate surface area is 208 Å². The molecular weight excluding hydrogens is 442 g/mol. The molecule has 2 heterocycles. The lowest BCUT2D eigenvalue weighted by molar-refractivity contribution is 0.477. The number of ether oxygens (including phenoxy) is 1. The van der Waals surface area contributed by atoms with Crippen molar-refractivity contribution < 1.29 is 4.74 Å². The first kappa shape index (κ1) is 19.4. The number of benzene rings is 5. The van der Waals surface area contributed by atoms with E-state index in [0.29, 0.717) is 0 Å². The van der Waals surface area contributed by atoms with Crippen LogP contribution in [0.1, 0.15) is 0 Å². The van der Waals surface area contributed by atoms with Crippen molar-refractivity contribution in [3.8, 4) is 45.1 Å². The normalized spacial score (nSPS) is 12.6. The van der Waals surface area contributed by atoms with Crippen molar-refractivity contribution in [2.75, 3.05) is 4.90 Å². The number of anilines is 3. The number of hydrogen-bond acceptors (Lipinski definition) is 4. The van der Waals surface area contributed by atoms with E-state index in [0.717, 1.165) is 51.1 Å². The van der Waals surface area contributed by atoms with Crippen LogP contribution in [0.5, 0.6) is 11.5 Å². The Hall–Kier alpha value is -4.96. The molecule has 1 aromatic heterocycles. The van der Waals surface area contributed by atoms with Gasteiger partial charge in [-0.05, 0) is 52.9 Å². The van der Waals surface area contributed by atoms with Crippen LogP contribution in [0.15, 0.2) is 116 Å². The standard InChI is InChI=1S/C32H19N3O/c1-3-10-27-25(8-1)35(26-9-2-4-11-28(26)36-27)22-15-12-20(13-16-22)23-17-14-21-6-5-7-24-29(21)30(23)32-31(24)33-18-19-34-32/h1-19H. The monoisotopic (exact) mass is 461 g/mol. The highest BCUT2D eigenvalue weighted by molar-refractivity contribution is 6.17. The highest BCUT2D eigenvalue weighted by atomic mass is 16.5. The number of fused-ring (bicyclic) bond motifs is 5. The summed E-state index contributed by atoms with van der Waals surface area (Å²) in [6.45, 7) is 0. The zero-order chi connectivity index (χ0) is 23.6. The van der Waals surface area contributed by atoms with Gasteiger partial charge in [-0.25, -0.2) is 0 Å². The van der Waals surface area contributed by atoms with E-state index >= 15 is 0 Å². The van der Waals surface area contributed by atoms with Gasteiger partial charge >= 0.3 is 0 Å². The first-order chi connectivity index (χ1) is 17.9. The molecule has 8 rings (SSSR count). The summed E-state index contributed by atoms with van der Waals surface area (Å²) in [5.74, 6) is 1.70. The third-order valence-corrected chi connectivity index (χ3v) is 7.10. The molecule has 0 saturated heterocycles. The van der Waals surface area contributed by atoms with Crippen LogP contribution in [0.3, 0.4) is 0 Å². The van der Waals surface area contributed by atoms with Crippen LogP contribution in [-0.2, 0) is 0 Å². The minimum absolute atomic E-state index is 0.852. The van der Waals surface area contributed by atoms with Crippen molar-refractivity contribution in [3.63, 3.8) is 0 Å². The number of hydrogen-bond donors (Lipinski definition) is 0. The number of aromatic nitrogens is 2. The predicted molar refractivity (Wildman–Crippen MR) is 144 cm³/mol. The van der Waals surface area contributed by atoms with Gasteiger partial charge in [0.25, 0.3) is 0 Å². The van der Waals surface area contributed by atoms with Gasteiger partial charge in [-0.2, -0.15) is 0 Å². The summed E-state index contributed by atoms with van der Waals surface area (Å²) in [5, 5.41) is 2.44. The van der Waals surface area contributed by atoms with Crippen molar-refractivity contribution in [3.05, 3.63) is 116 Å². The van der Waals surface area contributed by atoms with Crippen molar-refractivity contribution >= 4 is 27.8 Å². The molecule has 1 aliphatic carbocycles. The van der Waals surface area contributed by atoms with Crippen LogP contribution in [-0.4, -0.2) is 9.97 Å². The molecule has 4 nitrogen and oxygen atoms in total. The molecule has 1 aliphatic heterocycles. The predicted octanol–water partition coefficient (Wildman–Crippen LogP) is 8.52. The SMILES string of the molecule is c1ccc2c(c1)Oc1ccccc1N2c1ccc(-c2ccc3cccc4c3c2-c2nccnc2-4)cc1. The fourth-order valence-electron chi connectivity index (χ4n) is 5.55. The van der Waals surface area contributed by atoms with Crippen molar-refractivity contribution in [2.24, 2.45) is 0 Å². The maximum absolute atomic E-state index is 6.18. The number of rotatable bonds is 2. The van der Waals surface area contributed by atoms with E-state index in [2.05, 4.69) is 76.6 Å². The maximum Gasteiger partial charge on any atom is 0.151 e. The van der Waals surface area contributed by atoms with Gasteiger partial charge in [0.1, 0.15) is 0 Å². The van der Waals surface area contributed by atoms with E-state index in [-0.39, 0.29) is 0 Å². The van der Waals surface area contributed by atoms with Gasteiger partial charge in [0.2, 0.25) is 0 Å². The largest absolute Gasteiger partial charge is 0.453 e. The Kier molecular flexibility index (Phi) is 3.91. The lowest BCUT2D eigenvalue weighted by atomic mass is 9.94. The summed E-state index contributed by atoms with van der Waals surface area (Å²) in [7, 11) is 0. The minimum atomic E-state index is 0.852. The maximum atomic E-state index is 6.18. The molecule has 5 aromatic carbocycles. The fraction of sp³-hybridized carbons (Fsp3) is 0. The Morgan fingerprint density at radius 3 is 2.00 bits per heavy atom. The number of para-hydroxylation sites is 4. The molecule has 4 heteroatoms. The topological polar surface area (TPSA) is 38.2 Å². The van der Waals surface area contributed by atoms with Gasteiger partial charge in [-0.1, -0.05) is 66.7 Å². The van der Waals surface area contributed by atoms with Gasteiger partial charge in [0.15, 0.2) is 11.5 Å². The summed E-state index contributed by atoms with van der Waals surface area (Å²) < 4.78 is 6.18. The smallest absolute Gasteiger partial charge is 0.151 e. The van der Waals surface area contributed by atoms with Crippen LogP contribution in [0.2, 0.25) is 0 Å². The molecule has 0 fully saturated rings. The lowest BCUT2D eigenvalue weighted by Gasteiger charge is -2.32. The molecule has 0 spiro atoms. The molecule has 0 bridgehead atoms. The van der Waals surface area contributed by atoms with Crippen molar-refractivity contribution in [1.82, 2.24) is 9.97 Å². The quantitative estimate of drug-likeness (QED) is 0.259. The van der Waals surface area contributed by atoms with Gasteiger partial charge in [0.05, 0.1) is 22.8 Å². The Balaban J connectivity index is 1.29. The average molecular weight is 462 g/mol. The second kappa shape index (κ2) is 7.27. The third kappa shape index (κ3) is 2.64. The second-order valence-corrected chi connectivity index (χ2v) is 9.07. The molecule has 0 N–H and O–H groups in total. The average Bonchev–Trinajstić information content (AvgIpc) is 3.28. The minimum Gasteiger partial charge on any atom is -0.453 e. The summed E-state index contributed by atoms with van der Waals surface area (Å²) in [6, 6.07) is 35.9. The Bertz CT molecular complexity index is 1780. The molecule has 0 unspecified atom stereocenters. The lowest BCUT2D eigenvalue weighted by Crippen LogP contribution is -2.15. The van der Waals surface area contributed by atoms with Crippen LogP contribution >= 0.6 is 0 Å². The second-order valence-electron chi connectivity index (χ2n) is 9.07. The molecule has 0 radical (unpaired) electrons. The van der Waals surface area contributed by atoms with Crippen LogP contribution in [0.4, 0.5) is 17.1 Å². The molecule has 0 amide bonds. The van der Waals surface area contributed by atoms with Gasteiger partial charge in [-0.3, -0.25) is 9.97 Å². The molecule has 36 heavy (non-hydrogen) atoms. The van der Waals surface area contributed by atoms with Crippen molar-refractivity contribution in [1.29, 1.82) is 0 Å². The van der Waals surface area contributed by atoms with Gasteiger partial charge in [0, 0.05) is 34.6 Å². The van der Waals surface area contributed by atoms with Crippen molar-refractivity contribution in [2.45, 2.75) is 0 Å². The first-order valence-corrected chi connectivity index (χ1v) is 12.0. The van der Waals surface area contributed by atoms with E-state index in [4.69, 9.17) is 9.72 Å². The fourth-order valence-corrected chi connectivity index (χ4v) is 5.55. The highest BCUT2D eigenvalue weighted by Crippen LogP contribution is 2.51. The van der Waals surface area contributed by atoms with E-state index in [9.17, 15) is 0 Å². The van der Waals surface area contributed by atoms with Crippen LogP contribution in [0.25, 0.3) is 44.4 Å². The first-order valence-electron chi connectivity index (χ1n) is 12.0. The molecule has 0 atom stereocenters. The summed E-state index contributed by atoms with van der Waals surface area (Å²) in [6.07, 6.45) is 3.56. The van der Waals surface area contributed by atoms with Gasteiger partial charge < -0.3 is 9.64 Å². The Morgan fingerprint density at radius 2 is 1.25 bits per heavy atom. The third-order valence-electron chi connectivity index (χ3n) is 7.10. The molecule has 0 saturated carbocycles. The molecule has 2 aliphatic rings. The van der Waals surface area contributed by atoms with E-state index in [1.165, 1.54) is 21.9 Å². The zero-order valence-corrected chi connectivity index (χ0v) is 19.2. The highest BCUT2D eigenvalue weighted by Gasteiger charge is 2.28. The van der Waals surface area contributed by atoms with Crippen LogP contribution < -0.4 is 9.64 Å². The van der Waals surface area contributed by atoms with E-state index < -0.39 is 0 Å². The molecule has 168 valence electrons. The molecule has 6 aromatic rings. The summed E-state index contributed by atoms with van der Waals surface area (Å²) >= 11 is 0. The Morgan fingerprint density at radius 1 is 0.556 bits per heavy atom.